The van der Waals surface area contributed by atoms with Crippen LogP contribution in [0.2, 0.25) is 0 Å². The van der Waals surface area contributed by atoms with Crippen LogP contribution in [0.5, 0.6) is 0 Å². The fraction of sp³-hybridized carbons (Fsp3) is 0.467. The number of aromatic nitrogens is 2. The predicted octanol–water partition coefficient (Wildman–Crippen LogP) is 1.34. The zero-order valence-corrected chi connectivity index (χ0v) is 18.1. The van der Waals surface area contributed by atoms with E-state index in [0.29, 0.717) is 23.2 Å². The van der Waals surface area contributed by atoms with Gasteiger partial charge in [-0.25, -0.2) is 17.8 Å². The van der Waals surface area contributed by atoms with E-state index in [1.807, 2.05) is 0 Å². The van der Waals surface area contributed by atoms with Crippen molar-refractivity contribution < 1.29 is 17.9 Å². The van der Waals surface area contributed by atoms with Crippen LogP contribution >= 0.6 is 27.5 Å². The molecule has 13 heteroatoms. The summed E-state index contributed by atoms with van der Waals surface area (Å²) in [5, 5.41) is 15.5. The first-order valence-corrected chi connectivity index (χ1v) is 11.5. The number of nitrogens with one attached hydrogen (secondary N) is 3. The van der Waals surface area contributed by atoms with Crippen LogP contribution in [0.1, 0.15) is 12.8 Å². The minimum Gasteiger partial charge on any atom is -0.390 e. The van der Waals surface area contributed by atoms with Crippen LogP contribution in [0.3, 0.4) is 0 Å². The summed E-state index contributed by atoms with van der Waals surface area (Å²) in [6.45, 7) is 1.97. The molecule has 0 aliphatic rings. The van der Waals surface area contributed by atoms with Crippen molar-refractivity contribution in [1.29, 1.82) is 0 Å². The maximum Gasteiger partial charge on any atom is 0.266 e. The number of unbranched alkanes of at least 4 members (excludes halogenated alkanes) is 1. The summed E-state index contributed by atoms with van der Waals surface area (Å²) in [4.78, 5) is 3.24. The lowest BCUT2D eigenvalue weighted by atomic mass is 10.2. The largest absolute Gasteiger partial charge is 0.390 e. The van der Waals surface area contributed by atoms with Gasteiger partial charge in [0.2, 0.25) is 5.13 Å². The van der Waals surface area contributed by atoms with Gasteiger partial charge in [0.05, 0.1) is 11.8 Å². The average molecular weight is 497 g/mol. The molecule has 6 N–H and O–H groups in total. The highest BCUT2D eigenvalue weighted by atomic mass is 79.9. The predicted molar refractivity (Wildman–Crippen MR) is 110 cm³/mol. The van der Waals surface area contributed by atoms with Crippen LogP contribution in [-0.4, -0.2) is 55.2 Å². The van der Waals surface area contributed by atoms with Crippen molar-refractivity contribution in [3.8, 4) is 0 Å². The van der Waals surface area contributed by atoms with Crippen molar-refractivity contribution in [3.63, 3.8) is 0 Å². The first-order chi connectivity index (χ1) is 13.3. The van der Waals surface area contributed by atoms with E-state index in [4.69, 9.17) is 5.73 Å². The number of anilines is 2. The highest BCUT2D eigenvalue weighted by Crippen LogP contribution is 2.29. The number of benzene rings is 1. The van der Waals surface area contributed by atoms with Gasteiger partial charge in [0.25, 0.3) is 10.0 Å². The van der Waals surface area contributed by atoms with E-state index < -0.39 is 26.8 Å². The maximum atomic E-state index is 14.4. The van der Waals surface area contributed by atoms with Gasteiger partial charge in [-0.3, -0.25) is 4.72 Å². The number of rotatable bonds is 12. The fourth-order valence-electron chi connectivity index (χ4n) is 2.21. The second-order valence-electron chi connectivity index (χ2n) is 5.84. The first kappa shape index (κ1) is 22.9. The number of nitrogens with two attached hydrogens (primary N) is 1. The van der Waals surface area contributed by atoms with Crippen LogP contribution in [0.15, 0.2) is 27.8 Å². The molecule has 1 heterocycles. The Morgan fingerprint density at radius 2 is 2.07 bits per heavy atom. The van der Waals surface area contributed by atoms with Gasteiger partial charge in [-0.1, -0.05) is 0 Å². The molecule has 0 aliphatic carbocycles. The topological polar surface area (TPSA) is 142 Å². The molecule has 0 amide bonds. The lowest BCUT2D eigenvalue weighted by molar-refractivity contribution is 0.179. The van der Waals surface area contributed by atoms with E-state index >= 15 is 0 Å². The van der Waals surface area contributed by atoms with Crippen molar-refractivity contribution in [2.24, 2.45) is 5.73 Å². The Morgan fingerprint density at radius 3 is 2.75 bits per heavy atom. The van der Waals surface area contributed by atoms with Crippen molar-refractivity contribution in [2.75, 3.05) is 36.2 Å². The Bertz CT molecular complexity index is 854. The smallest absolute Gasteiger partial charge is 0.266 e. The summed E-state index contributed by atoms with van der Waals surface area (Å²) >= 11 is 4.13. The van der Waals surface area contributed by atoms with Gasteiger partial charge < -0.3 is 21.5 Å². The van der Waals surface area contributed by atoms with E-state index in [0.717, 1.165) is 37.0 Å². The van der Waals surface area contributed by atoms with E-state index in [1.54, 1.807) is 0 Å². The molecule has 0 radical (unpaired) electrons. The molecule has 0 saturated heterocycles. The molecule has 0 aliphatic heterocycles. The van der Waals surface area contributed by atoms with E-state index in [2.05, 4.69) is 40.6 Å². The van der Waals surface area contributed by atoms with Crippen molar-refractivity contribution >= 4 is 48.3 Å². The van der Waals surface area contributed by atoms with E-state index in [9.17, 15) is 17.9 Å². The Hall–Kier alpha value is -1.38. The average Bonchev–Trinajstić information content (AvgIpc) is 3.15. The summed E-state index contributed by atoms with van der Waals surface area (Å²) in [5.41, 5.74) is 5.77. The number of nitrogens with zero attached hydrogens (tertiary/aromatic N) is 2. The number of aliphatic hydroxyl groups excluding tert-OH is 1. The van der Waals surface area contributed by atoms with Crippen LogP contribution in [-0.2, 0) is 10.0 Å². The molecule has 156 valence electrons. The Morgan fingerprint density at radius 1 is 1.32 bits per heavy atom. The van der Waals surface area contributed by atoms with Crippen LogP contribution in [0.4, 0.5) is 15.2 Å². The van der Waals surface area contributed by atoms with E-state index in [1.165, 1.54) is 12.4 Å². The molecule has 1 unspecified atom stereocenters. The third kappa shape index (κ3) is 6.90. The quantitative estimate of drug-likeness (QED) is 0.277. The molecule has 2 rings (SSSR count). The molecule has 0 bridgehead atoms. The summed E-state index contributed by atoms with van der Waals surface area (Å²) < 4.78 is 45.4. The minimum absolute atomic E-state index is 0.0605. The molecule has 0 saturated carbocycles. The Balaban J connectivity index is 1.87. The Kier molecular flexibility index (Phi) is 8.98. The number of hydrogen-bond acceptors (Lipinski definition) is 9. The molecule has 9 nitrogen and oxygen atoms in total. The SMILES string of the molecule is NCC(O)CNCCCCNc1cc(F)c(S(=O)(=O)Nc2ncns2)cc1Br. The zero-order valence-electron chi connectivity index (χ0n) is 14.9. The van der Waals surface area contributed by atoms with Crippen molar-refractivity contribution in [1.82, 2.24) is 14.7 Å². The molecule has 2 aromatic rings. The monoisotopic (exact) mass is 496 g/mol. The molecule has 0 fully saturated rings. The summed E-state index contributed by atoms with van der Waals surface area (Å²) in [6, 6.07) is 2.34. The van der Waals surface area contributed by atoms with Gasteiger partial charge in [-0.15, -0.1) is 0 Å². The fourth-order valence-corrected chi connectivity index (χ4v) is 4.59. The zero-order chi connectivity index (χ0) is 20.6. The lowest BCUT2D eigenvalue weighted by Gasteiger charge is -2.12. The van der Waals surface area contributed by atoms with Gasteiger partial charge in [0.15, 0.2) is 0 Å². The van der Waals surface area contributed by atoms with Gasteiger partial charge in [-0.2, -0.15) is 4.37 Å². The molecular weight excluding hydrogens is 475 g/mol. The molecule has 1 atom stereocenters. The second kappa shape index (κ2) is 11.0. The number of halogens is 2. The molecule has 1 aromatic heterocycles. The molecule has 0 spiro atoms. The van der Waals surface area contributed by atoms with Crippen LogP contribution in [0, 0.1) is 5.82 Å². The second-order valence-corrected chi connectivity index (χ2v) is 9.13. The van der Waals surface area contributed by atoms with Gasteiger partial charge in [0.1, 0.15) is 17.0 Å². The molecule has 28 heavy (non-hydrogen) atoms. The van der Waals surface area contributed by atoms with Crippen molar-refractivity contribution in [3.05, 3.63) is 28.7 Å². The number of sulfonamides is 1. The minimum atomic E-state index is -4.11. The highest BCUT2D eigenvalue weighted by Gasteiger charge is 2.22. The normalized spacial score (nSPS) is 12.7. The summed E-state index contributed by atoms with van der Waals surface area (Å²) in [5.74, 6) is -0.875. The first-order valence-electron chi connectivity index (χ1n) is 8.44. The third-order valence-electron chi connectivity index (χ3n) is 3.64. The van der Waals surface area contributed by atoms with Crippen LogP contribution in [0.25, 0.3) is 0 Å². The Labute approximate surface area is 175 Å². The molecular formula is C15H22BrFN6O3S2. The van der Waals surface area contributed by atoms with Crippen molar-refractivity contribution in [2.45, 2.75) is 23.8 Å². The summed E-state index contributed by atoms with van der Waals surface area (Å²) in [7, 11) is -4.11. The highest BCUT2D eigenvalue weighted by molar-refractivity contribution is 9.10. The summed E-state index contributed by atoms with van der Waals surface area (Å²) in [6.07, 6.45) is 2.31. The molecule has 1 aromatic carbocycles. The van der Waals surface area contributed by atoms with E-state index in [-0.39, 0.29) is 11.7 Å². The number of hydrogen-bond donors (Lipinski definition) is 5. The third-order valence-corrected chi connectivity index (χ3v) is 6.36. The van der Waals surface area contributed by atoms with Gasteiger partial charge in [-0.05, 0) is 47.4 Å². The van der Waals surface area contributed by atoms with Gasteiger partial charge >= 0.3 is 0 Å². The standard InChI is InChI=1S/C15H22BrFN6O3S2/c16-11-5-14(28(25,26)23-15-21-9-22-27-15)12(17)6-13(11)20-4-2-1-3-19-8-10(24)7-18/h5-6,9-10,19-20,24H,1-4,7-8,18H2,(H,21,22,23). The van der Waals surface area contributed by atoms with Crippen LogP contribution < -0.4 is 21.1 Å². The number of aliphatic hydroxyl groups is 1. The lowest BCUT2D eigenvalue weighted by Crippen LogP contribution is -2.33. The van der Waals surface area contributed by atoms with Gasteiger partial charge in [0, 0.05) is 35.6 Å². The maximum absolute atomic E-state index is 14.4.